The Labute approximate surface area is 238 Å². The molecule has 2 heterocycles. The zero-order valence-corrected chi connectivity index (χ0v) is 23.0. The molecule has 192 valence electrons. The van der Waals surface area contributed by atoms with Crippen LogP contribution < -0.4 is 4.90 Å². The molecule has 0 saturated heterocycles. The van der Waals surface area contributed by atoms with Crippen LogP contribution in [-0.2, 0) is 0 Å². The van der Waals surface area contributed by atoms with Gasteiger partial charge < -0.3 is 9.32 Å². The Morgan fingerprint density at radius 3 is 2.00 bits per heavy atom. The molecule has 0 fully saturated rings. The van der Waals surface area contributed by atoms with Crippen LogP contribution in [0.1, 0.15) is 6.92 Å². The Kier molecular flexibility index (Phi) is 6.14. The first-order valence-electron chi connectivity index (χ1n) is 13.4. The highest BCUT2D eigenvalue weighted by molar-refractivity contribution is 8.03. The minimum atomic E-state index is 0.894. The topological polar surface area (TPSA) is 16.4 Å². The molecule has 0 aliphatic carbocycles. The Balaban J connectivity index is 1.49. The SMILES string of the molecule is C=C/C=C\C1=C(C)N(c2cc(-c3ccccc3)cc(-c3ccccc3)c2)c2cc3oc4ccccc4c3cc2S1. The molecule has 0 unspecified atom stereocenters. The van der Waals surface area contributed by atoms with Gasteiger partial charge in [0.05, 0.1) is 5.69 Å². The van der Waals surface area contributed by atoms with Gasteiger partial charge >= 0.3 is 0 Å². The fraction of sp³-hybridized carbons (Fsp3) is 0.0270. The average Bonchev–Trinajstić information content (AvgIpc) is 3.37. The monoisotopic (exact) mass is 533 g/mol. The van der Waals surface area contributed by atoms with Gasteiger partial charge in [-0.2, -0.15) is 0 Å². The highest BCUT2D eigenvalue weighted by Gasteiger charge is 2.26. The number of para-hydroxylation sites is 1. The Bertz CT molecular complexity index is 1890. The van der Waals surface area contributed by atoms with Crippen LogP contribution in [0, 0.1) is 0 Å². The van der Waals surface area contributed by atoms with Crippen molar-refractivity contribution in [1.82, 2.24) is 0 Å². The molecule has 0 spiro atoms. The highest BCUT2D eigenvalue weighted by Crippen LogP contribution is 2.50. The van der Waals surface area contributed by atoms with Crippen molar-refractivity contribution in [3.63, 3.8) is 0 Å². The Morgan fingerprint density at radius 1 is 0.675 bits per heavy atom. The molecule has 0 saturated carbocycles. The van der Waals surface area contributed by atoms with E-state index < -0.39 is 0 Å². The lowest BCUT2D eigenvalue weighted by atomic mass is 9.97. The molecule has 0 N–H and O–H groups in total. The summed E-state index contributed by atoms with van der Waals surface area (Å²) in [4.78, 5) is 4.76. The first-order valence-corrected chi connectivity index (χ1v) is 14.2. The smallest absolute Gasteiger partial charge is 0.137 e. The number of rotatable bonds is 5. The van der Waals surface area contributed by atoms with Gasteiger partial charge in [-0.05, 0) is 65.6 Å². The van der Waals surface area contributed by atoms with Crippen LogP contribution in [-0.4, -0.2) is 0 Å². The number of hydrogen-bond acceptors (Lipinski definition) is 3. The summed E-state index contributed by atoms with van der Waals surface area (Å²) in [7, 11) is 0. The molecule has 0 radical (unpaired) electrons. The standard InChI is InChI=1S/C37H27NOS/c1-3-4-19-36-25(2)38(33-24-35-32(23-37(33)40-36)31-17-11-12-18-34(31)39-35)30-21-28(26-13-7-5-8-14-26)20-29(22-30)27-15-9-6-10-16-27/h3-24H,1H2,2H3/b19-4-. The van der Waals surface area contributed by atoms with Gasteiger partial charge in [0.2, 0.25) is 0 Å². The van der Waals surface area contributed by atoms with Crippen molar-refractivity contribution < 1.29 is 4.42 Å². The van der Waals surface area contributed by atoms with Gasteiger partial charge in [0, 0.05) is 38.0 Å². The number of benzene rings is 5. The average molecular weight is 534 g/mol. The summed E-state index contributed by atoms with van der Waals surface area (Å²) in [5, 5.41) is 2.27. The molecule has 5 aromatic carbocycles. The quantitative estimate of drug-likeness (QED) is 0.205. The second-order valence-corrected chi connectivity index (χ2v) is 11.0. The van der Waals surface area contributed by atoms with Crippen molar-refractivity contribution in [2.45, 2.75) is 11.8 Å². The lowest BCUT2D eigenvalue weighted by Crippen LogP contribution is -2.19. The van der Waals surface area contributed by atoms with Crippen LogP contribution in [0.2, 0.25) is 0 Å². The first kappa shape index (κ1) is 24.3. The maximum atomic E-state index is 6.34. The van der Waals surface area contributed by atoms with Gasteiger partial charge in [0.15, 0.2) is 0 Å². The molecular formula is C37H27NOS. The van der Waals surface area contributed by atoms with E-state index in [0.29, 0.717) is 0 Å². The third-order valence-electron chi connectivity index (χ3n) is 7.39. The zero-order valence-electron chi connectivity index (χ0n) is 22.2. The summed E-state index contributed by atoms with van der Waals surface area (Å²) < 4.78 is 6.34. The lowest BCUT2D eigenvalue weighted by molar-refractivity contribution is 0.668. The molecule has 3 heteroatoms. The van der Waals surface area contributed by atoms with Crippen LogP contribution in [0.25, 0.3) is 44.2 Å². The fourth-order valence-corrected chi connectivity index (χ4v) is 6.51. The molecule has 6 aromatic rings. The van der Waals surface area contributed by atoms with Crippen molar-refractivity contribution >= 4 is 45.1 Å². The number of fused-ring (bicyclic) bond motifs is 4. The van der Waals surface area contributed by atoms with Crippen molar-refractivity contribution in [3.05, 3.63) is 151 Å². The number of hydrogen-bond donors (Lipinski definition) is 0. The zero-order chi connectivity index (χ0) is 27.1. The van der Waals surface area contributed by atoms with Gasteiger partial charge in [-0.15, -0.1) is 0 Å². The number of anilines is 2. The van der Waals surface area contributed by atoms with Crippen LogP contribution in [0.3, 0.4) is 0 Å². The summed E-state index contributed by atoms with van der Waals surface area (Å²) in [5.74, 6) is 0. The van der Waals surface area contributed by atoms with Crippen molar-refractivity contribution in [2.24, 2.45) is 0 Å². The molecular weight excluding hydrogens is 506 g/mol. The summed E-state index contributed by atoms with van der Waals surface area (Å²) >= 11 is 1.79. The fourth-order valence-electron chi connectivity index (χ4n) is 5.46. The van der Waals surface area contributed by atoms with Crippen molar-refractivity contribution in [2.75, 3.05) is 4.90 Å². The van der Waals surface area contributed by atoms with E-state index in [4.69, 9.17) is 4.42 Å². The second-order valence-electron chi connectivity index (χ2n) is 9.90. The molecule has 0 atom stereocenters. The maximum Gasteiger partial charge on any atom is 0.137 e. The van der Waals surface area contributed by atoms with E-state index in [-0.39, 0.29) is 0 Å². The molecule has 2 nitrogen and oxygen atoms in total. The molecule has 0 amide bonds. The van der Waals surface area contributed by atoms with Gasteiger partial charge in [-0.1, -0.05) is 109 Å². The van der Waals surface area contributed by atoms with E-state index in [1.54, 1.807) is 11.8 Å². The predicted octanol–water partition coefficient (Wildman–Crippen LogP) is 11.1. The molecule has 1 aliphatic heterocycles. The van der Waals surface area contributed by atoms with Gasteiger partial charge in [0.1, 0.15) is 11.2 Å². The van der Waals surface area contributed by atoms with Gasteiger partial charge in [-0.3, -0.25) is 0 Å². The number of allylic oxidation sites excluding steroid dienone is 4. The predicted molar refractivity (Wildman–Crippen MR) is 171 cm³/mol. The molecule has 40 heavy (non-hydrogen) atoms. The summed E-state index contributed by atoms with van der Waals surface area (Å²) in [5.41, 5.74) is 9.93. The van der Waals surface area contributed by atoms with Gasteiger partial charge in [-0.25, -0.2) is 0 Å². The normalized spacial score (nSPS) is 13.4. The Hall–Kier alpha value is -4.73. The van der Waals surface area contributed by atoms with E-state index in [9.17, 15) is 0 Å². The minimum absolute atomic E-state index is 0.894. The second kappa shape index (κ2) is 10.1. The molecule has 7 rings (SSSR count). The summed E-state index contributed by atoms with van der Waals surface area (Å²) in [6, 6.07) is 40.8. The van der Waals surface area contributed by atoms with Crippen LogP contribution in [0.5, 0.6) is 0 Å². The van der Waals surface area contributed by atoms with E-state index in [1.165, 1.54) is 32.1 Å². The van der Waals surface area contributed by atoms with Crippen LogP contribution >= 0.6 is 11.8 Å². The lowest BCUT2D eigenvalue weighted by Gasteiger charge is -2.33. The summed E-state index contributed by atoms with van der Waals surface area (Å²) in [6.45, 7) is 6.10. The largest absolute Gasteiger partial charge is 0.456 e. The third kappa shape index (κ3) is 4.25. The summed E-state index contributed by atoms with van der Waals surface area (Å²) in [6.07, 6.45) is 5.99. The third-order valence-corrected chi connectivity index (χ3v) is 8.58. The van der Waals surface area contributed by atoms with Crippen molar-refractivity contribution in [1.29, 1.82) is 0 Å². The highest BCUT2D eigenvalue weighted by atomic mass is 32.2. The first-order chi connectivity index (χ1) is 19.7. The van der Waals surface area contributed by atoms with E-state index >= 15 is 0 Å². The van der Waals surface area contributed by atoms with Crippen LogP contribution in [0.15, 0.2) is 160 Å². The molecule has 1 aromatic heterocycles. The maximum absolute atomic E-state index is 6.34. The number of furan rings is 1. The van der Waals surface area contributed by atoms with Crippen molar-refractivity contribution in [3.8, 4) is 22.3 Å². The number of thioether (sulfide) groups is 1. The van der Waals surface area contributed by atoms with Gasteiger partial charge in [0.25, 0.3) is 0 Å². The van der Waals surface area contributed by atoms with Crippen LogP contribution in [0.4, 0.5) is 11.4 Å². The van der Waals surface area contributed by atoms with E-state index in [2.05, 4.69) is 128 Å². The molecule has 1 aliphatic rings. The number of nitrogens with zero attached hydrogens (tertiary/aromatic N) is 1. The Morgan fingerprint density at radius 2 is 1.32 bits per heavy atom. The van der Waals surface area contributed by atoms with E-state index in [0.717, 1.165) is 39.0 Å². The molecule has 0 bridgehead atoms. The minimum Gasteiger partial charge on any atom is -0.456 e. The van der Waals surface area contributed by atoms with E-state index in [1.807, 2.05) is 24.3 Å².